The highest BCUT2D eigenvalue weighted by atomic mass is 32.2. The van der Waals surface area contributed by atoms with Crippen molar-refractivity contribution in [1.82, 2.24) is 15.1 Å². The van der Waals surface area contributed by atoms with Crippen LogP contribution in [-0.2, 0) is 10.0 Å². The average Bonchev–Trinajstić information content (AvgIpc) is 2.58. The van der Waals surface area contributed by atoms with Crippen LogP contribution >= 0.6 is 0 Å². The van der Waals surface area contributed by atoms with Gasteiger partial charge in [0.1, 0.15) is 5.75 Å². The predicted octanol–water partition coefficient (Wildman–Crippen LogP) is 0.0984. The van der Waals surface area contributed by atoms with Crippen molar-refractivity contribution in [3.8, 4) is 5.75 Å². The Labute approximate surface area is 155 Å². The number of piperazine rings is 1. The van der Waals surface area contributed by atoms with E-state index in [2.05, 4.69) is 36.0 Å². The standard InChI is InChI=1S/C17H28N4O4S/c1-17(2,21-9-7-20(3)8-10-21)12-19-16(22)14-11-13(26(18,23)24)5-6-15(14)25-4/h5-6,11H,7-10,12H2,1-4H3,(H,19,22)(H2,18,23,24). The van der Waals surface area contributed by atoms with Crippen LogP contribution in [0.2, 0.25) is 0 Å². The van der Waals surface area contributed by atoms with Gasteiger partial charge in [-0.1, -0.05) is 0 Å². The van der Waals surface area contributed by atoms with E-state index in [0.29, 0.717) is 12.3 Å². The monoisotopic (exact) mass is 384 g/mol. The third-order valence-corrected chi connectivity index (χ3v) is 5.70. The molecule has 2 rings (SSSR count). The Kier molecular flexibility index (Phi) is 6.28. The van der Waals surface area contributed by atoms with Crippen molar-refractivity contribution in [2.45, 2.75) is 24.3 Å². The van der Waals surface area contributed by atoms with Gasteiger partial charge in [-0.2, -0.15) is 0 Å². The van der Waals surface area contributed by atoms with E-state index in [-0.39, 0.29) is 16.0 Å². The van der Waals surface area contributed by atoms with Crippen molar-refractivity contribution < 1.29 is 17.9 Å². The molecule has 0 radical (unpaired) electrons. The zero-order chi connectivity index (χ0) is 19.5. The number of primary sulfonamides is 1. The molecule has 0 spiro atoms. The largest absolute Gasteiger partial charge is 0.496 e. The van der Waals surface area contributed by atoms with Crippen LogP contribution in [0.5, 0.6) is 5.75 Å². The number of amides is 1. The third-order valence-electron chi connectivity index (χ3n) is 4.78. The van der Waals surface area contributed by atoms with Gasteiger partial charge in [0.15, 0.2) is 0 Å². The number of carbonyl (C=O) groups is 1. The number of methoxy groups -OCH3 is 1. The lowest BCUT2D eigenvalue weighted by Crippen LogP contribution is -2.57. The first-order valence-corrected chi connectivity index (χ1v) is 10.0. The van der Waals surface area contributed by atoms with Crippen molar-refractivity contribution in [3.05, 3.63) is 23.8 Å². The number of nitrogens with zero attached hydrogens (tertiary/aromatic N) is 2. The van der Waals surface area contributed by atoms with Crippen molar-refractivity contribution in [2.75, 3.05) is 46.9 Å². The molecule has 9 heteroatoms. The zero-order valence-corrected chi connectivity index (χ0v) is 16.6. The maximum Gasteiger partial charge on any atom is 0.255 e. The van der Waals surface area contributed by atoms with E-state index in [1.807, 2.05) is 0 Å². The molecule has 0 atom stereocenters. The molecule has 0 unspecified atom stereocenters. The highest BCUT2D eigenvalue weighted by Gasteiger charge is 2.30. The summed E-state index contributed by atoms with van der Waals surface area (Å²) in [5, 5.41) is 8.05. The Hall–Kier alpha value is -1.68. The number of nitrogens with one attached hydrogen (secondary N) is 1. The number of sulfonamides is 1. The zero-order valence-electron chi connectivity index (χ0n) is 15.8. The van der Waals surface area contributed by atoms with Gasteiger partial charge in [0.05, 0.1) is 17.6 Å². The number of benzene rings is 1. The quantitative estimate of drug-likeness (QED) is 0.721. The number of carbonyl (C=O) groups excluding carboxylic acids is 1. The van der Waals surface area contributed by atoms with Crippen LogP contribution in [0.1, 0.15) is 24.2 Å². The second kappa shape index (κ2) is 7.91. The summed E-state index contributed by atoms with van der Waals surface area (Å²) in [5.74, 6) is -0.0955. The van der Waals surface area contributed by atoms with Crippen LogP contribution in [-0.4, -0.2) is 76.5 Å². The molecule has 1 aromatic rings. The Morgan fingerprint density at radius 1 is 1.27 bits per heavy atom. The molecule has 1 saturated heterocycles. The Morgan fingerprint density at radius 2 is 1.88 bits per heavy atom. The molecule has 8 nitrogen and oxygen atoms in total. The summed E-state index contributed by atoms with van der Waals surface area (Å²) in [6.07, 6.45) is 0. The smallest absolute Gasteiger partial charge is 0.255 e. The fourth-order valence-electron chi connectivity index (χ4n) is 2.96. The average molecular weight is 385 g/mol. The van der Waals surface area contributed by atoms with Crippen molar-refractivity contribution in [2.24, 2.45) is 5.14 Å². The minimum atomic E-state index is -3.90. The third kappa shape index (κ3) is 4.94. The van der Waals surface area contributed by atoms with Gasteiger partial charge in [-0.25, -0.2) is 13.6 Å². The minimum absolute atomic E-state index is 0.123. The van der Waals surface area contributed by atoms with Crippen LogP contribution in [0.4, 0.5) is 0 Å². The van der Waals surface area contributed by atoms with Crippen molar-refractivity contribution in [3.63, 3.8) is 0 Å². The van der Waals surface area contributed by atoms with Crippen LogP contribution in [0.25, 0.3) is 0 Å². The maximum atomic E-state index is 12.6. The number of ether oxygens (including phenoxy) is 1. The molecule has 0 saturated carbocycles. The second-order valence-corrected chi connectivity index (χ2v) is 8.75. The van der Waals surface area contributed by atoms with Crippen LogP contribution in [0.3, 0.4) is 0 Å². The van der Waals surface area contributed by atoms with Crippen LogP contribution < -0.4 is 15.2 Å². The molecule has 26 heavy (non-hydrogen) atoms. The SMILES string of the molecule is COc1ccc(S(N)(=O)=O)cc1C(=O)NCC(C)(C)N1CCN(C)CC1. The first-order valence-electron chi connectivity index (χ1n) is 8.47. The molecule has 1 aliphatic rings. The number of hydrogen-bond donors (Lipinski definition) is 2. The normalized spacial score (nSPS) is 17.1. The lowest BCUT2D eigenvalue weighted by molar-refractivity contribution is 0.0587. The molecule has 1 heterocycles. The first kappa shape index (κ1) is 20.6. The molecule has 3 N–H and O–H groups in total. The summed E-state index contributed by atoms with van der Waals surface area (Å²) in [6.45, 7) is 8.43. The van der Waals surface area contributed by atoms with Gasteiger partial charge in [-0.3, -0.25) is 9.69 Å². The molecule has 1 fully saturated rings. The number of nitrogens with two attached hydrogens (primary N) is 1. The van der Waals surface area contributed by atoms with Gasteiger partial charge in [0.25, 0.3) is 5.91 Å². The van der Waals surface area contributed by atoms with Gasteiger partial charge in [-0.15, -0.1) is 0 Å². The fraction of sp³-hybridized carbons (Fsp3) is 0.588. The summed E-state index contributed by atoms with van der Waals surface area (Å²) < 4.78 is 28.3. The Morgan fingerprint density at radius 3 is 2.42 bits per heavy atom. The van der Waals surface area contributed by atoms with Gasteiger partial charge in [-0.05, 0) is 39.1 Å². The molecule has 0 bridgehead atoms. The fourth-order valence-corrected chi connectivity index (χ4v) is 3.50. The molecule has 1 amide bonds. The van der Waals surface area contributed by atoms with Crippen molar-refractivity contribution >= 4 is 15.9 Å². The van der Waals surface area contributed by atoms with Crippen molar-refractivity contribution in [1.29, 1.82) is 0 Å². The van der Waals surface area contributed by atoms with Gasteiger partial charge in [0.2, 0.25) is 10.0 Å². The van der Waals surface area contributed by atoms with E-state index in [4.69, 9.17) is 9.88 Å². The lowest BCUT2D eigenvalue weighted by atomic mass is 10.0. The minimum Gasteiger partial charge on any atom is -0.496 e. The molecule has 0 aromatic heterocycles. The second-order valence-electron chi connectivity index (χ2n) is 7.19. The Bertz CT molecular complexity index is 756. The van der Waals surface area contributed by atoms with Gasteiger partial charge in [0, 0.05) is 38.3 Å². The highest BCUT2D eigenvalue weighted by Crippen LogP contribution is 2.22. The topological polar surface area (TPSA) is 105 Å². The lowest BCUT2D eigenvalue weighted by Gasteiger charge is -2.43. The predicted molar refractivity (Wildman–Crippen MR) is 99.8 cm³/mol. The van der Waals surface area contributed by atoms with E-state index in [0.717, 1.165) is 26.2 Å². The summed E-state index contributed by atoms with van der Waals surface area (Å²) in [6, 6.07) is 3.99. The highest BCUT2D eigenvalue weighted by molar-refractivity contribution is 7.89. The number of hydrogen-bond acceptors (Lipinski definition) is 6. The van der Waals surface area contributed by atoms with Gasteiger partial charge >= 0.3 is 0 Å². The van der Waals surface area contributed by atoms with Crippen LogP contribution in [0, 0.1) is 0 Å². The summed E-state index contributed by atoms with van der Waals surface area (Å²) in [7, 11) is -0.376. The molecule has 1 aliphatic heterocycles. The summed E-state index contributed by atoms with van der Waals surface area (Å²) in [5.41, 5.74) is -0.0740. The van der Waals surface area contributed by atoms with E-state index >= 15 is 0 Å². The van der Waals surface area contributed by atoms with Gasteiger partial charge < -0.3 is 15.0 Å². The molecular formula is C17H28N4O4S. The molecule has 1 aromatic carbocycles. The van der Waals surface area contributed by atoms with Crippen LogP contribution in [0.15, 0.2) is 23.1 Å². The van der Waals surface area contributed by atoms with E-state index < -0.39 is 15.9 Å². The molecule has 146 valence electrons. The molecular weight excluding hydrogens is 356 g/mol. The Balaban J connectivity index is 2.11. The number of rotatable bonds is 6. The summed E-state index contributed by atoms with van der Waals surface area (Å²) in [4.78, 5) is 17.1. The number of likely N-dealkylation sites (N-methyl/N-ethyl adjacent to an activating group) is 1. The summed E-state index contributed by atoms with van der Waals surface area (Å²) >= 11 is 0. The van der Waals surface area contributed by atoms with E-state index in [1.54, 1.807) is 0 Å². The van der Waals surface area contributed by atoms with E-state index in [1.165, 1.54) is 25.3 Å². The molecule has 0 aliphatic carbocycles. The maximum absolute atomic E-state index is 12.6. The van der Waals surface area contributed by atoms with E-state index in [9.17, 15) is 13.2 Å². The first-order chi connectivity index (χ1) is 12.0.